The summed E-state index contributed by atoms with van der Waals surface area (Å²) in [5.74, 6) is -0.481. The molecule has 0 bridgehead atoms. The van der Waals surface area contributed by atoms with Crippen LogP contribution in [0.4, 0.5) is 5.69 Å². The zero-order valence-corrected chi connectivity index (χ0v) is 13.8. The average Bonchev–Trinajstić information content (AvgIpc) is 2.81. The second-order valence-electron chi connectivity index (χ2n) is 5.57. The Bertz CT molecular complexity index is 724. The second-order valence-corrected chi connectivity index (χ2v) is 6.46. The molecule has 1 N–H and O–H groups in total. The number of aliphatic hydroxyl groups is 1. The van der Waals surface area contributed by atoms with Gasteiger partial charge in [0.05, 0.1) is 12.3 Å². The van der Waals surface area contributed by atoms with Crippen LogP contribution in [-0.2, 0) is 9.59 Å². The summed E-state index contributed by atoms with van der Waals surface area (Å²) in [6.45, 7) is -0.306. The lowest BCUT2D eigenvalue weighted by Crippen LogP contribution is -2.31. The molecule has 1 aliphatic carbocycles. The van der Waals surface area contributed by atoms with Gasteiger partial charge in [0.1, 0.15) is 0 Å². The van der Waals surface area contributed by atoms with Gasteiger partial charge in [-0.2, -0.15) is 0 Å². The Balaban J connectivity index is 1.99. The molecule has 2 aliphatic rings. The molecule has 120 valence electrons. The van der Waals surface area contributed by atoms with Crippen LogP contribution in [-0.4, -0.2) is 23.5 Å². The summed E-state index contributed by atoms with van der Waals surface area (Å²) in [5.41, 5.74) is 2.30. The number of carbonyl (C=O) groups is 2. The van der Waals surface area contributed by atoms with E-state index >= 15 is 0 Å². The van der Waals surface area contributed by atoms with Gasteiger partial charge in [-0.1, -0.05) is 23.2 Å². The van der Waals surface area contributed by atoms with E-state index in [2.05, 4.69) is 0 Å². The van der Waals surface area contributed by atoms with Crippen molar-refractivity contribution in [1.82, 2.24) is 0 Å². The standard InChI is InChI=1S/C17H15Cl2NO3/c18-11(9-21)7-10-8-12(5-6-15(10)19)20-16(22)13-3-1-2-4-14(13)17(20)23/h5-8,21H,1-4,9H2. The summed E-state index contributed by atoms with van der Waals surface area (Å²) >= 11 is 12.0. The van der Waals surface area contributed by atoms with Crippen LogP contribution in [0.15, 0.2) is 34.4 Å². The number of hydrogen-bond donors (Lipinski definition) is 1. The number of benzene rings is 1. The summed E-state index contributed by atoms with van der Waals surface area (Å²) in [7, 11) is 0. The maximum atomic E-state index is 12.6. The quantitative estimate of drug-likeness (QED) is 0.845. The SMILES string of the molecule is O=C1C2=C(CCCC2)C(=O)N1c1ccc(Cl)c(C=C(Cl)CO)c1. The number of anilines is 1. The van der Waals surface area contributed by atoms with Crippen molar-refractivity contribution in [1.29, 1.82) is 0 Å². The highest BCUT2D eigenvalue weighted by Crippen LogP contribution is 2.36. The zero-order chi connectivity index (χ0) is 16.6. The number of rotatable bonds is 3. The first-order valence-electron chi connectivity index (χ1n) is 7.40. The van der Waals surface area contributed by atoms with Crippen molar-refractivity contribution in [3.8, 4) is 0 Å². The largest absolute Gasteiger partial charge is 0.391 e. The first kappa shape index (κ1) is 16.2. The van der Waals surface area contributed by atoms with E-state index in [1.54, 1.807) is 18.2 Å². The van der Waals surface area contributed by atoms with Crippen molar-refractivity contribution >= 4 is 46.8 Å². The van der Waals surface area contributed by atoms with E-state index in [-0.39, 0.29) is 23.5 Å². The fraction of sp³-hybridized carbons (Fsp3) is 0.294. The first-order chi connectivity index (χ1) is 11.0. The van der Waals surface area contributed by atoms with E-state index in [0.717, 1.165) is 12.8 Å². The van der Waals surface area contributed by atoms with Crippen LogP contribution in [0.2, 0.25) is 5.02 Å². The third-order valence-electron chi connectivity index (χ3n) is 4.09. The number of nitrogens with zero attached hydrogens (tertiary/aromatic N) is 1. The van der Waals surface area contributed by atoms with Crippen molar-refractivity contribution < 1.29 is 14.7 Å². The molecule has 0 unspecified atom stereocenters. The van der Waals surface area contributed by atoms with Gasteiger partial charge >= 0.3 is 0 Å². The summed E-state index contributed by atoms with van der Waals surface area (Å²) < 4.78 is 0. The third kappa shape index (κ3) is 2.94. The van der Waals surface area contributed by atoms with Crippen molar-refractivity contribution in [2.75, 3.05) is 11.5 Å². The van der Waals surface area contributed by atoms with Crippen LogP contribution in [0.25, 0.3) is 6.08 Å². The van der Waals surface area contributed by atoms with E-state index in [1.165, 1.54) is 11.0 Å². The van der Waals surface area contributed by atoms with Crippen molar-refractivity contribution in [2.45, 2.75) is 25.7 Å². The molecule has 4 nitrogen and oxygen atoms in total. The molecule has 0 aromatic heterocycles. The van der Waals surface area contributed by atoms with Crippen LogP contribution in [0.5, 0.6) is 0 Å². The highest BCUT2D eigenvalue weighted by atomic mass is 35.5. The van der Waals surface area contributed by atoms with Crippen molar-refractivity contribution in [2.24, 2.45) is 0 Å². The van der Waals surface area contributed by atoms with Gasteiger partial charge < -0.3 is 5.11 Å². The molecule has 0 fully saturated rings. The fourth-order valence-corrected chi connectivity index (χ4v) is 3.26. The molecule has 2 amide bonds. The fourth-order valence-electron chi connectivity index (χ4n) is 2.97. The molecule has 3 rings (SSSR count). The minimum atomic E-state index is -0.306. The van der Waals surface area contributed by atoms with Gasteiger partial charge in [0, 0.05) is 21.2 Å². The van der Waals surface area contributed by atoms with E-state index in [4.69, 9.17) is 28.3 Å². The van der Waals surface area contributed by atoms with Crippen LogP contribution in [0.3, 0.4) is 0 Å². The molecule has 1 aromatic rings. The smallest absolute Gasteiger partial charge is 0.261 e. The summed E-state index contributed by atoms with van der Waals surface area (Å²) in [6.07, 6.45) is 4.71. The van der Waals surface area contributed by atoms with Gasteiger partial charge in [-0.3, -0.25) is 9.59 Å². The lowest BCUT2D eigenvalue weighted by molar-refractivity contribution is -0.120. The molecule has 23 heavy (non-hydrogen) atoms. The van der Waals surface area contributed by atoms with Gasteiger partial charge in [-0.25, -0.2) is 4.90 Å². The van der Waals surface area contributed by atoms with Crippen LogP contribution in [0, 0.1) is 0 Å². The number of carbonyl (C=O) groups excluding carboxylic acids is 2. The number of imide groups is 1. The van der Waals surface area contributed by atoms with Gasteiger partial charge in [0.2, 0.25) is 0 Å². The summed E-state index contributed by atoms with van der Waals surface area (Å²) in [4.78, 5) is 26.3. The molecule has 1 aromatic carbocycles. The molecular formula is C17H15Cl2NO3. The minimum Gasteiger partial charge on any atom is -0.391 e. The van der Waals surface area contributed by atoms with Crippen molar-refractivity contribution in [3.05, 3.63) is 45.0 Å². The van der Waals surface area contributed by atoms with E-state index in [1.807, 2.05) is 0 Å². The lowest BCUT2D eigenvalue weighted by Gasteiger charge is -2.16. The van der Waals surface area contributed by atoms with Crippen molar-refractivity contribution in [3.63, 3.8) is 0 Å². The Morgan fingerprint density at radius 3 is 2.35 bits per heavy atom. The van der Waals surface area contributed by atoms with Gasteiger partial charge in [-0.05, 0) is 55.5 Å². The van der Waals surface area contributed by atoms with E-state index < -0.39 is 0 Å². The number of hydrogen-bond acceptors (Lipinski definition) is 3. The molecule has 6 heteroatoms. The Labute approximate surface area is 144 Å². The molecule has 1 heterocycles. The first-order valence-corrected chi connectivity index (χ1v) is 8.16. The lowest BCUT2D eigenvalue weighted by atomic mass is 9.93. The molecule has 0 atom stereocenters. The molecule has 0 radical (unpaired) electrons. The Kier molecular flexibility index (Phi) is 4.57. The zero-order valence-electron chi connectivity index (χ0n) is 12.3. The van der Waals surface area contributed by atoms with Gasteiger partial charge in [0.15, 0.2) is 0 Å². The van der Waals surface area contributed by atoms with Crippen LogP contribution >= 0.6 is 23.2 Å². The predicted octanol–water partition coefficient (Wildman–Crippen LogP) is 3.66. The minimum absolute atomic E-state index is 0.223. The topological polar surface area (TPSA) is 57.6 Å². The maximum absolute atomic E-state index is 12.6. The highest BCUT2D eigenvalue weighted by molar-refractivity contribution is 6.35. The third-order valence-corrected chi connectivity index (χ3v) is 4.66. The number of amides is 2. The van der Waals surface area contributed by atoms with E-state index in [0.29, 0.717) is 40.3 Å². The number of aliphatic hydroxyl groups excluding tert-OH is 1. The van der Waals surface area contributed by atoms with E-state index in [9.17, 15) is 9.59 Å². The van der Waals surface area contributed by atoms with Crippen LogP contribution < -0.4 is 4.90 Å². The Morgan fingerprint density at radius 1 is 1.17 bits per heavy atom. The summed E-state index contributed by atoms with van der Waals surface area (Å²) in [6, 6.07) is 4.89. The molecule has 0 saturated carbocycles. The monoisotopic (exact) mass is 351 g/mol. The normalized spacial score (nSPS) is 18.7. The predicted molar refractivity (Wildman–Crippen MR) is 90.4 cm³/mol. The average molecular weight is 352 g/mol. The summed E-state index contributed by atoms with van der Waals surface area (Å²) in [5, 5.41) is 9.67. The van der Waals surface area contributed by atoms with Gasteiger partial charge in [-0.15, -0.1) is 0 Å². The Hall–Kier alpha value is -1.62. The Morgan fingerprint density at radius 2 is 1.78 bits per heavy atom. The molecule has 0 spiro atoms. The van der Waals surface area contributed by atoms with Gasteiger partial charge in [0.25, 0.3) is 11.8 Å². The highest BCUT2D eigenvalue weighted by Gasteiger charge is 2.39. The van der Waals surface area contributed by atoms with Crippen LogP contribution in [0.1, 0.15) is 31.2 Å². The molecule has 0 saturated heterocycles. The second kappa shape index (κ2) is 6.48. The maximum Gasteiger partial charge on any atom is 0.261 e. The number of halogens is 2. The molecule has 1 aliphatic heterocycles. The molecular weight excluding hydrogens is 337 g/mol.